The smallest absolute Gasteiger partial charge is 0.162 e. The van der Waals surface area contributed by atoms with E-state index in [1.165, 1.54) is 17.7 Å². The monoisotopic (exact) mass is 437 g/mol. The van der Waals surface area contributed by atoms with Crippen LogP contribution in [0.25, 0.3) is 10.9 Å². The molecule has 0 saturated carbocycles. The van der Waals surface area contributed by atoms with Crippen LogP contribution < -0.4 is 4.90 Å². The zero-order valence-corrected chi connectivity index (χ0v) is 20.0. The van der Waals surface area contributed by atoms with Crippen LogP contribution in [0.4, 0.5) is 10.1 Å². The Bertz CT molecular complexity index is 1150. The number of hydrogen-bond donors (Lipinski definition) is 0. The third-order valence-electron chi connectivity index (χ3n) is 6.66. The second-order valence-corrected chi connectivity index (χ2v) is 9.12. The molecule has 6 heteroatoms. The van der Waals surface area contributed by atoms with Gasteiger partial charge >= 0.3 is 0 Å². The molecule has 32 heavy (non-hydrogen) atoms. The van der Waals surface area contributed by atoms with E-state index in [0.29, 0.717) is 25.3 Å². The molecule has 0 radical (unpaired) electrons. The normalized spacial score (nSPS) is 23.1. The second-order valence-electron chi connectivity index (χ2n) is 9.12. The lowest BCUT2D eigenvalue weighted by Gasteiger charge is -2.41. The number of ether oxygens (including phenoxy) is 2. The van der Waals surface area contributed by atoms with Crippen LogP contribution in [0.1, 0.15) is 45.9 Å². The molecule has 1 aromatic heterocycles. The Hall–Kier alpha value is -2.57. The van der Waals surface area contributed by atoms with Crippen LogP contribution in [0.3, 0.4) is 0 Å². The van der Waals surface area contributed by atoms with Crippen LogP contribution in [0, 0.1) is 18.2 Å². The zero-order chi connectivity index (χ0) is 23.3. The molecule has 0 aliphatic carbocycles. The Labute approximate surface area is 189 Å². The fourth-order valence-corrected chi connectivity index (χ4v) is 4.93. The van der Waals surface area contributed by atoms with Gasteiger partial charge in [0.1, 0.15) is 5.82 Å². The first-order chi connectivity index (χ1) is 15.2. The predicted molar refractivity (Wildman–Crippen MR) is 128 cm³/mol. The van der Waals surface area contributed by atoms with Crippen molar-refractivity contribution in [1.29, 1.82) is 0 Å². The molecular weight excluding hydrogens is 405 g/mol. The largest absolute Gasteiger partial charge is 0.349 e. The molecule has 2 saturated heterocycles. The highest BCUT2D eigenvalue weighted by Gasteiger charge is 2.50. The van der Waals surface area contributed by atoms with Gasteiger partial charge in [0.05, 0.1) is 41.2 Å². The van der Waals surface area contributed by atoms with E-state index in [1.54, 1.807) is 7.05 Å². The minimum absolute atomic E-state index is 0.276. The van der Waals surface area contributed by atoms with Crippen molar-refractivity contribution in [2.75, 3.05) is 31.7 Å². The molecule has 0 unspecified atom stereocenters. The van der Waals surface area contributed by atoms with E-state index >= 15 is 0 Å². The number of aromatic nitrogens is 1. The topological polar surface area (TPSA) is 47.0 Å². The van der Waals surface area contributed by atoms with Crippen molar-refractivity contribution >= 4 is 22.3 Å². The summed E-state index contributed by atoms with van der Waals surface area (Å²) in [6.07, 6.45) is 4.30. The number of rotatable bonds is 2. The first kappa shape index (κ1) is 22.6. The lowest BCUT2D eigenvalue weighted by molar-refractivity contribution is -0.275. The van der Waals surface area contributed by atoms with E-state index in [0.717, 1.165) is 33.7 Å². The predicted octanol–water partition coefficient (Wildman–Crippen LogP) is 5.56. The number of aliphatic imine (C=N–C) groups is 1. The molecule has 4 rings (SSSR count). The highest BCUT2D eigenvalue weighted by Crippen LogP contribution is 2.50. The Kier molecular flexibility index (Phi) is 5.72. The third-order valence-corrected chi connectivity index (χ3v) is 6.66. The Morgan fingerprint density at radius 1 is 1.19 bits per heavy atom. The van der Waals surface area contributed by atoms with Gasteiger partial charge in [0.2, 0.25) is 0 Å². The first-order valence-electron chi connectivity index (χ1n) is 11.1. The first-order valence-corrected chi connectivity index (χ1v) is 11.1. The van der Waals surface area contributed by atoms with Gasteiger partial charge in [-0.2, -0.15) is 0 Å². The second kappa shape index (κ2) is 8.09. The van der Waals surface area contributed by atoms with Crippen molar-refractivity contribution in [1.82, 2.24) is 4.98 Å². The molecule has 2 aromatic rings. The Morgan fingerprint density at radius 3 is 2.47 bits per heavy atom. The highest BCUT2D eigenvalue weighted by molar-refractivity contribution is 6.05. The summed E-state index contributed by atoms with van der Waals surface area (Å²) in [5.74, 6) is -0.891. The van der Waals surface area contributed by atoms with Gasteiger partial charge in [-0.15, -0.1) is 0 Å². The third kappa shape index (κ3) is 3.55. The quantitative estimate of drug-likeness (QED) is 0.577. The average molecular weight is 438 g/mol. The average Bonchev–Trinajstić information content (AvgIpc) is 3.08. The Morgan fingerprint density at radius 2 is 1.88 bits per heavy atom. The molecule has 2 fully saturated rings. The van der Waals surface area contributed by atoms with Crippen LogP contribution in [0.5, 0.6) is 0 Å². The van der Waals surface area contributed by atoms with E-state index in [9.17, 15) is 4.39 Å². The lowest BCUT2D eigenvalue weighted by Crippen LogP contribution is -2.48. The van der Waals surface area contributed by atoms with Crippen LogP contribution >= 0.6 is 0 Å². The zero-order valence-electron chi connectivity index (χ0n) is 20.0. The van der Waals surface area contributed by atoms with Gasteiger partial charge in [-0.05, 0) is 59.2 Å². The molecule has 2 aliphatic rings. The van der Waals surface area contributed by atoms with Crippen molar-refractivity contribution in [2.24, 2.45) is 10.4 Å². The molecule has 3 heterocycles. The van der Waals surface area contributed by atoms with Crippen LogP contribution in [0.2, 0.25) is 0 Å². The van der Waals surface area contributed by atoms with Crippen LogP contribution in [0.15, 0.2) is 46.6 Å². The van der Waals surface area contributed by atoms with E-state index in [1.807, 2.05) is 26.8 Å². The van der Waals surface area contributed by atoms with Crippen molar-refractivity contribution < 1.29 is 13.9 Å². The summed E-state index contributed by atoms with van der Waals surface area (Å²) in [6, 6.07) is 4.82. The van der Waals surface area contributed by atoms with E-state index in [-0.39, 0.29) is 11.2 Å². The minimum Gasteiger partial charge on any atom is -0.349 e. The number of fused-ring (bicyclic) bond motifs is 1. The summed E-state index contributed by atoms with van der Waals surface area (Å²) in [6.45, 7) is 13.9. The van der Waals surface area contributed by atoms with E-state index < -0.39 is 5.79 Å². The van der Waals surface area contributed by atoms with Gasteiger partial charge in [0.15, 0.2) is 5.79 Å². The van der Waals surface area contributed by atoms with Crippen molar-refractivity contribution in [3.63, 3.8) is 0 Å². The molecule has 2 aliphatic heterocycles. The maximum Gasteiger partial charge on any atom is 0.162 e. The minimum atomic E-state index is -0.591. The molecule has 170 valence electrons. The molecule has 0 atom stereocenters. The lowest BCUT2D eigenvalue weighted by atomic mass is 9.82. The van der Waals surface area contributed by atoms with Crippen molar-refractivity contribution in [2.45, 2.75) is 47.3 Å². The summed E-state index contributed by atoms with van der Waals surface area (Å²) in [5, 5.41) is 0.918. The molecule has 5 nitrogen and oxygen atoms in total. The Balaban J connectivity index is 1.94. The van der Waals surface area contributed by atoms with E-state index in [4.69, 9.17) is 14.5 Å². The summed E-state index contributed by atoms with van der Waals surface area (Å²) in [4.78, 5) is 11.5. The highest BCUT2D eigenvalue weighted by atomic mass is 19.1. The van der Waals surface area contributed by atoms with Gasteiger partial charge in [-0.1, -0.05) is 12.2 Å². The van der Waals surface area contributed by atoms with Gasteiger partial charge in [-0.25, -0.2) is 9.37 Å². The fraction of sp³-hybridized carbons (Fsp3) is 0.462. The number of allylic oxidation sites excluding steroid dienone is 3. The molecule has 0 amide bonds. The SMILES string of the molecule is CC=C1C(=CC)C2(COC(C)(C)OC2)CN1c1c(C)c(C(C)=NC)nc2cc(F)ccc12. The summed E-state index contributed by atoms with van der Waals surface area (Å²) in [7, 11) is 1.75. The molecular formula is C26H32FN3O2. The number of benzene rings is 1. The number of halogens is 1. The number of anilines is 1. The van der Waals surface area contributed by atoms with Gasteiger partial charge in [-0.3, -0.25) is 4.99 Å². The van der Waals surface area contributed by atoms with Crippen LogP contribution in [-0.4, -0.2) is 43.3 Å². The van der Waals surface area contributed by atoms with Crippen molar-refractivity contribution in [3.05, 3.63) is 58.7 Å². The maximum absolute atomic E-state index is 14.1. The van der Waals surface area contributed by atoms with Crippen LogP contribution in [-0.2, 0) is 9.47 Å². The molecule has 0 N–H and O–H groups in total. The van der Waals surface area contributed by atoms with Gasteiger partial charge in [0.25, 0.3) is 0 Å². The molecule has 1 spiro atoms. The van der Waals surface area contributed by atoms with Crippen molar-refractivity contribution in [3.8, 4) is 0 Å². The summed E-state index contributed by atoms with van der Waals surface area (Å²) < 4.78 is 26.4. The number of pyridine rings is 1. The maximum atomic E-state index is 14.1. The summed E-state index contributed by atoms with van der Waals surface area (Å²) in [5.41, 5.74) is 6.35. The van der Waals surface area contributed by atoms with Gasteiger partial charge < -0.3 is 14.4 Å². The number of nitrogens with zero attached hydrogens (tertiary/aromatic N) is 3. The molecule has 0 bridgehead atoms. The van der Waals surface area contributed by atoms with Gasteiger partial charge in [0, 0.05) is 36.3 Å². The number of hydrogen-bond acceptors (Lipinski definition) is 5. The molecule has 1 aromatic carbocycles. The standard InChI is InChI=1S/C26H32FN3O2/c1-8-20-22(9-2)30(13-26(20)14-31-25(5,6)32-15-26)24-16(3)23(17(4)28-7)29-21-12-18(27)10-11-19(21)24/h8-12H,13-15H2,1-7H3. The van der Waals surface area contributed by atoms with E-state index in [2.05, 4.69) is 42.8 Å². The fourth-order valence-electron chi connectivity index (χ4n) is 4.93. The summed E-state index contributed by atoms with van der Waals surface area (Å²) >= 11 is 0.